The summed E-state index contributed by atoms with van der Waals surface area (Å²) in [6, 6.07) is 7.57. The SMILES string of the molecule is CC(C)(C)S(=O)(=O)NC1CCC(CNc2cccc(N3CCCS3(=O)=O)c2)CC1. The van der Waals surface area contributed by atoms with E-state index in [1.54, 1.807) is 20.8 Å². The van der Waals surface area contributed by atoms with E-state index in [2.05, 4.69) is 10.0 Å². The molecule has 1 saturated carbocycles. The average molecular weight is 444 g/mol. The smallest absolute Gasteiger partial charge is 0.235 e. The predicted octanol–water partition coefficient (Wildman–Crippen LogP) is 2.92. The van der Waals surface area contributed by atoms with Crippen LogP contribution in [0.2, 0.25) is 0 Å². The number of hydrogen-bond acceptors (Lipinski definition) is 5. The number of hydrogen-bond donors (Lipinski definition) is 2. The highest BCUT2D eigenvalue weighted by atomic mass is 32.2. The molecule has 2 fully saturated rings. The maximum absolute atomic E-state index is 12.3. The fourth-order valence-electron chi connectivity index (χ4n) is 3.84. The summed E-state index contributed by atoms with van der Waals surface area (Å²) in [4.78, 5) is 0. The van der Waals surface area contributed by atoms with E-state index in [1.165, 1.54) is 4.31 Å². The minimum atomic E-state index is -3.31. The molecule has 3 rings (SSSR count). The van der Waals surface area contributed by atoms with Crippen molar-refractivity contribution >= 4 is 31.4 Å². The van der Waals surface area contributed by atoms with Crippen molar-refractivity contribution in [2.24, 2.45) is 5.92 Å². The lowest BCUT2D eigenvalue weighted by Crippen LogP contribution is -2.46. The summed E-state index contributed by atoms with van der Waals surface area (Å²) >= 11 is 0. The zero-order chi connectivity index (χ0) is 21.3. The highest BCUT2D eigenvalue weighted by Gasteiger charge is 2.33. The van der Waals surface area contributed by atoms with Gasteiger partial charge in [0.1, 0.15) is 0 Å². The summed E-state index contributed by atoms with van der Waals surface area (Å²) in [6.45, 7) is 6.49. The third kappa shape index (κ3) is 5.44. The second-order valence-electron chi connectivity index (χ2n) is 9.12. The second kappa shape index (κ2) is 8.43. The molecular weight excluding hydrogens is 410 g/mol. The van der Waals surface area contributed by atoms with Gasteiger partial charge in [-0.3, -0.25) is 4.31 Å². The lowest BCUT2D eigenvalue weighted by molar-refractivity contribution is 0.322. The third-order valence-electron chi connectivity index (χ3n) is 5.80. The third-order valence-corrected chi connectivity index (χ3v) is 9.93. The van der Waals surface area contributed by atoms with Crippen LogP contribution in [0.15, 0.2) is 24.3 Å². The van der Waals surface area contributed by atoms with Gasteiger partial charge in [0.15, 0.2) is 0 Å². The van der Waals surface area contributed by atoms with Gasteiger partial charge in [-0.2, -0.15) is 0 Å². The fourth-order valence-corrected chi connectivity index (χ4v) is 6.43. The van der Waals surface area contributed by atoms with E-state index < -0.39 is 24.8 Å². The first-order valence-electron chi connectivity index (χ1n) is 10.3. The van der Waals surface area contributed by atoms with E-state index in [0.717, 1.165) is 37.9 Å². The van der Waals surface area contributed by atoms with E-state index in [4.69, 9.17) is 0 Å². The van der Waals surface area contributed by atoms with Gasteiger partial charge in [0.25, 0.3) is 0 Å². The molecule has 1 aromatic carbocycles. The van der Waals surface area contributed by atoms with Crippen LogP contribution in [0.5, 0.6) is 0 Å². The second-order valence-corrected chi connectivity index (χ2v) is 13.6. The number of benzene rings is 1. The van der Waals surface area contributed by atoms with Crippen LogP contribution in [-0.4, -0.2) is 46.5 Å². The Labute approximate surface area is 175 Å². The normalized spacial score (nSPS) is 25.1. The van der Waals surface area contributed by atoms with E-state index in [1.807, 2.05) is 24.3 Å². The van der Waals surface area contributed by atoms with Crippen molar-refractivity contribution in [3.05, 3.63) is 24.3 Å². The Morgan fingerprint density at radius 3 is 2.41 bits per heavy atom. The highest BCUT2D eigenvalue weighted by molar-refractivity contribution is 7.93. The van der Waals surface area contributed by atoms with Crippen LogP contribution in [0.3, 0.4) is 0 Å². The van der Waals surface area contributed by atoms with Crippen LogP contribution in [0, 0.1) is 5.92 Å². The van der Waals surface area contributed by atoms with E-state index in [0.29, 0.717) is 24.6 Å². The topological polar surface area (TPSA) is 95.6 Å². The largest absolute Gasteiger partial charge is 0.385 e. The molecule has 29 heavy (non-hydrogen) atoms. The molecule has 0 radical (unpaired) electrons. The van der Waals surface area contributed by atoms with Crippen molar-refractivity contribution in [1.82, 2.24) is 4.72 Å². The van der Waals surface area contributed by atoms with Crippen LogP contribution < -0.4 is 14.3 Å². The molecule has 1 aliphatic carbocycles. The van der Waals surface area contributed by atoms with Gasteiger partial charge in [-0.25, -0.2) is 21.6 Å². The Kier molecular flexibility index (Phi) is 6.50. The van der Waals surface area contributed by atoms with E-state index >= 15 is 0 Å². The summed E-state index contributed by atoms with van der Waals surface area (Å²) in [5, 5.41) is 3.43. The average Bonchev–Trinajstić information content (AvgIpc) is 2.99. The van der Waals surface area contributed by atoms with Gasteiger partial charge in [-0.05, 0) is 77.0 Å². The Morgan fingerprint density at radius 2 is 1.83 bits per heavy atom. The maximum atomic E-state index is 12.3. The number of rotatable bonds is 6. The molecule has 9 heteroatoms. The van der Waals surface area contributed by atoms with Crippen molar-refractivity contribution in [3.63, 3.8) is 0 Å². The first-order valence-corrected chi connectivity index (χ1v) is 13.4. The molecule has 7 nitrogen and oxygen atoms in total. The summed E-state index contributed by atoms with van der Waals surface area (Å²) in [5.74, 6) is 0.692. The van der Waals surface area contributed by atoms with Gasteiger partial charge >= 0.3 is 0 Å². The Balaban J connectivity index is 1.51. The molecule has 1 saturated heterocycles. The number of sulfonamides is 2. The standard InChI is InChI=1S/C20H33N3O4S2/c1-20(2,3)29(26,27)22-17-10-8-16(9-11-17)15-21-18-6-4-7-19(14-18)23-12-5-13-28(23,24)25/h4,6-7,14,16-17,21-22H,5,8-13,15H2,1-3H3. The van der Waals surface area contributed by atoms with Crippen LogP contribution in [0.25, 0.3) is 0 Å². The number of nitrogens with one attached hydrogen (secondary N) is 2. The van der Waals surface area contributed by atoms with Crippen molar-refractivity contribution in [3.8, 4) is 0 Å². The van der Waals surface area contributed by atoms with Crippen LogP contribution >= 0.6 is 0 Å². The fraction of sp³-hybridized carbons (Fsp3) is 0.700. The van der Waals surface area contributed by atoms with Crippen LogP contribution in [0.4, 0.5) is 11.4 Å². The van der Waals surface area contributed by atoms with Gasteiger partial charge < -0.3 is 5.32 Å². The van der Waals surface area contributed by atoms with Crippen molar-refractivity contribution in [2.75, 3.05) is 28.5 Å². The molecule has 1 aromatic rings. The van der Waals surface area contributed by atoms with E-state index in [-0.39, 0.29) is 11.8 Å². The monoisotopic (exact) mass is 443 g/mol. The molecule has 1 heterocycles. The minimum Gasteiger partial charge on any atom is -0.385 e. The number of nitrogens with zero attached hydrogens (tertiary/aromatic N) is 1. The van der Waals surface area contributed by atoms with Crippen LogP contribution in [-0.2, 0) is 20.0 Å². The lowest BCUT2D eigenvalue weighted by atomic mass is 9.86. The van der Waals surface area contributed by atoms with Gasteiger partial charge in [-0.1, -0.05) is 6.07 Å². The van der Waals surface area contributed by atoms with Crippen molar-refractivity contribution < 1.29 is 16.8 Å². The molecule has 0 unspecified atom stereocenters. The molecule has 0 amide bonds. The summed E-state index contributed by atoms with van der Waals surface area (Å²) in [6.07, 6.45) is 4.28. The maximum Gasteiger partial charge on any atom is 0.235 e. The summed E-state index contributed by atoms with van der Waals surface area (Å²) in [7, 11) is -6.49. The Morgan fingerprint density at radius 1 is 1.14 bits per heavy atom. The molecular formula is C20H33N3O4S2. The highest BCUT2D eigenvalue weighted by Crippen LogP contribution is 2.29. The molecule has 0 aromatic heterocycles. The van der Waals surface area contributed by atoms with E-state index in [9.17, 15) is 16.8 Å². The first-order chi connectivity index (χ1) is 13.5. The Bertz CT molecular complexity index is 915. The first kappa shape index (κ1) is 22.4. The number of anilines is 2. The quantitative estimate of drug-likeness (QED) is 0.705. The minimum absolute atomic E-state index is 0.0131. The molecule has 2 aliphatic rings. The molecule has 0 bridgehead atoms. The zero-order valence-electron chi connectivity index (χ0n) is 17.5. The zero-order valence-corrected chi connectivity index (χ0v) is 19.2. The van der Waals surface area contributed by atoms with Gasteiger partial charge in [-0.15, -0.1) is 0 Å². The molecule has 164 valence electrons. The van der Waals surface area contributed by atoms with Gasteiger partial charge in [0, 0.05) is 24.8 Å². The molecule has 0 spiro atoms. The van der Waals surface area contributed by atoms with Crippen molar-refractivity contribution in [1.29, 1.82) is 0 Å². The molecule has 1 aliphatic heterocycles. The van der Waals surface area contributed by atoms with Crippen molar-refractivity contribution in [2.45, 2.75) is 63.7 Å². The Hall–Kier alpha value is -1.32. The molecule has 2 N–H and O–H groups in total. The lowest BCUT2D eigenvalue weighted by Gasteiger charge is -2.31. The predicted molar refractivity (Wildman–Crippen MR) is 118 cm³/mol. The van der Waals surface area contributed by atoms with Gasteiger partial charge in [0.05, 0.1) is 16.2 Å². The summed E-state index contributed by atoms with van der Waals surface area (Å²) in [5.41, 5.74) is 1.63. The van der Waals surface area contributed by atoms with Crippen LogP contribution in [0.1, 0.15) is 52.9 Å². The van der Waals surface area contributed by atoms with Gasteiger partial charge in [0.2, 0.25) is 20.0 Å². The molecule has 0 atom stereocenters. The summed E-state index contributed by atoms with van der Waals surface area (Å²) < 4.78 is 52.5.